The highest BCUT2D eigenvalue weighted by atomic mass is 32.2. The van der Waals surface area contributed by atoms with E-state index in [0.717, 1.165) is 28.5 Å². The van der Waals surface area contributed by atoms with Crippen LogP contribution in [0.5, 0.6) is 0 Å². The van der Waals surface area contributed by atoms with Gasteiger partial charge in [0.05, 0.1) is 22.3 Å². The van der Waals surface area contributed by atoms with E-state index in [1.54, 1.807) is 24.3 Å². The molecule has 8 heteroatoms. The molecular formula is C27H25N3O4S. The maximum atomic E-state index is 13.4. The molecule has 0 saturated carbocycles. The quantitative estimate of drug-likeness (QED) is 0.289. The van der Waals surface area contributed by atoms with Crippen LogP contribution in [0.3, 0.4) is 0 Å². The number of fused-ring (bicyclic) bond motifs is 1. The van der Waals surface area contributed by atoms with Crippen LogP contribution >= 0.6 is 11.8 Å². The molecule has 1 amide bonds. The second kappa shape index (κ2) is 10.6. The molecule has 0 bridgehead atoms. The summed E-state index contributed by atoms with van der Waals surface area (Å²) < 4.78 is 1.51. The third-order valence-corrected chi connectivity index (χ3v) is 6.68. The molecule has 0 aliphatic heterocycles. The van der Waals surface area contributed by atoms with Crippen LogP contribution in [-0.2, 0) is 16.0 Å². The van der Waals surface area contributed by atoms with Crippen molar-refractivity contribution in [3.05, 3.63) is 99.8 Å². The molecule has 0 unspecified atom stereocenters. The number of aromatic nitrogens is 2. The minimum Gasteiger partial charge on any atom is -0.480 e. The molecule has 7 nitrogen and oxygen atoms in total. The minimum absolute atomic E-state index is 0.0891. The van der Waals surface area contributed by atoms with Crippen molar-refractivity contribution in [2.45, 2.75) is 31.5 Å². The summed E-state index contributed by atoms with van der Waals surface area (Å²) in [6.07, 6.45) is 0.175. The van der Waals surface area contributed by atoms with Gasteiger partial charge in [-0.05, 0) is 54.8 Å². The van der Waals surface area contributed by atoms with Gasteiger partial charge in [0.1, 0.15) is 6.04 Å². The molecule has 4 rings (SSSR count). The maximum Gasteiger partial charge on any atom is 0.326 e. The van der Waals surface area contributed by atoms with E-state index in [0.29, 0.717) is 21.7 Å². The van der Waals surface area contributed by atoms with E-state index in [2.05, 4.69) is 10.3 Å². The Bertz CT molecular complexity index is 1450. The highest BCUT2D eigenvalue weighted by molar-refractivity contribution is 7.99. The molecule has 0 saturated heterocycles. The van der Waals surface area contributed by atoms with E-state index in [-0.39, 0.29) is 17.7 Å². The zero-order valence-electron chi connectivity index (χ0n) is 19.4. The van der Waals surface area contributed by atoms with E-state index in [1.165, 1.54) is 4.57 Å². The fourth-order valence-corrected chi connectivity index (χ4v) is 4.54. The number of para-hydroxylation sites is 1. The summed E-state index contributed by atoms with van der Waals surface area (Å²) in [4.78, 5) is 42.5. The summed E-state index contributed by atoms with van der Waals surface area (Å²) in [7, 11) is 0. The van der Waals surface area contributed by atoms with Crippen LogP contribution in [0, 0.1) is 13.8 Å². The summed E-state index contributed by atoms with van der Waals surface area (Å²) in [6.45, 7) is 3.96. The predicted molar refractivity (Wildman–Crippen MR) is 137 cm³/mol. The number of thioether (sulfide) groups is 1. The topological polar surface area (TPSA) is 101 Å². The smallest absolute Gasteiger partial charge is 0.326 e. The first-order valence-electron chi connectivity index (χ1n) is 11.1. The molecule has 4 aromatic rings. The van der Waals surface area contributed by atoms with Gasteiger partial charge in [0.2, 0.25) is 5.91 Å². The lowest BCUT2D eigenvalue weighted by molar-refractivity contribution is -0.141. The van der Waals surface area contributed by atoms with Crippen LogP contribution in [0.15, 0.2) is 82.7 Å². The molecular weight excluding hydrogens is 462 g/mol. The number of rotatable bonds is 8. The second-order valence-corrected chi connectivity index (χ2v) is 9.20. The number of aliphatic carboxylic acids is 1. The van der Waals surface area contributed by atoms with Crippen LogP contribution in [0.1, 0.15) is 16.7 Å². The standard InChI is InChI=1S/C27H25N3O4S/c1-17-12-13-20(14-18(17)2)30-25(32)21-10-6-7-11-22(21)29-27(30)35-16-24(31)28-23(26(33)34)15-19-8-4-3-5-9-19/h3-14,23H,15-16H2,1-2H3,(H,28,31)(H,33,34)/t23-/m0/s1. The molecule has 0 aliphatic carbocycles. The molecule has 3 aromatic carbocycles. The van der Waals surface area contributed by atoms with Crippen LogP contribution in [0.4, 0.5) is 0 Å². The molecule has 35 heavy (non-hydrogen) atoms. The summed E-state index contributed by atoms with van der Waals surface area (Å²) in [5.41, 5.74) is 3.91. The first-order chi connectivity index (χ1) is 16.8. The van der Waals surface area contributed by atoms with Crippen molar-refractivity contribution in [3.63, 3.8) is 0 Å². The van der Waals surface area contributed by atoms with Crippen LogP contribution in [-0.4, -0.2) is 38.3 Å². The van der Waals surface area contributed by atoms with Gasteiger partial charge in [-0.3, -0.25) is 14.2 Å². The van der Waals surface area contributed by atoms with Crippen molar-refractivity contribution in [2.24, 2.45) is 0 Å². The molecule has 1 aromatic heterocycles. The Morgan fingerprint density at radius 2 is 1.71 bits per heavy atom. The van der Waals surface area contributed by atoms with Crippen LogP contribution in [0.25, 0.3) is 16.6 Å². The number of carboxylic acid groups (broad SMARTS) is 1. The number of carbonyl (C=O) groups is 2. The highest BCUT2D eigenvalue weighted by Crippen LogP contribution is 2.22. The molecule has 0 spiro atoms. The number of hydrogen-bond donors (Lipinski definition) is 2. The predicted octanol–water partition coefficient (Wildman–Crippen LogP) is 3.91. The van der Waals surface area contributed by atoms with Gasteiger partial charge in [0.25, 0.3) is 5.56 Å². The second-order valence-electron chi connectivity index (χ2n) is 8.26. The summed E-state index contributed by atoms with van der Waals surface area (Å²) in [6, 6.07) is 20.8. The Labute approximate surface area is 206 Å². The Kier molecular flexibility index (Phi) is 7.31. The van der Waals surface area contributed by atoms with E-state index in [1.807, 2.05) is 62.4 Å². The van der Waals surface area contributed by atoms with E-state index >= 15 is 0 Å². The zero-order valence-corrected chi connectivity index (χ0v) is 20.2. The van der Waals surface area contributed by atoms with Crippen molar-refractivity contribution in [3.8, 4) is 5.69 Å². The molecule has 1 heterocycles. The number of carbonyl (C=O) groups excluding carboxylic acids is 1. The van der Waals surface area contributed by atoms with Crippen LogP contribution < -0.4 is 10.9 Å². The first kappa shape index (κ1) is 24.2. The largest absolute Gasteiger partial charge is 0.480 e. The van der Waals surface area contributed by atoms with Gasteiger partial charge in [-0.2, -0.15) is 0 Å². The highest BCUT2D eigenvalue weighted by Gasteiger charge is 2.21. The lowest BCUT2D eigenvalue weighted by atomic mass is 10.1. The third kappa shape index (κ3) is 5.60. The van der Waals surface area contributed by atoms with Gasteiger partial charge in [-0.25, -0.2) is 9.78 Å². The Hall–Kier alpha value is -3.91. The number of amides is 1. The number of nitrogens with one attached hydrogen (secondary N) is 1. The van der Waals surface area contributed by atoms with Gasteiger partial charge < -0.3 is 10.4 Å². The van der Waals surface area contributed by atoms with Crippen molar-refractivity contribution in [1.29, 1.82) is 0 Å². The van der Waals surface area contributed by atoms with E-state index in [4.69, 9.17) is 0 Å². The van der Waals surface area contributed by atoms with E-state index < -0.39 is 17.9 Å². The average Bonchev–Trinajstić information content (AvgIpc) is 2.85. The van der Waals surface area contributed by atoms with Crippen LogP contribution in [0.2, 0.25) is 0 Å². The van der Waals surface area contributed by atoms with Crippen molar-refractivity contribution in [2.75, 3.05) is 5.75 Å². The fourth-order valence-electron chi connectivity index (χ4n) is 3.72. The average molecular weight is 488 g/mol. The van der Waals surface area contributed by atoms with Gasteiger partial charge >= 0.3 is 5.97 Å². The van der Waals surface area contributed by atoms with Gasteiger partial charge in [0, 0.05) is 6.42 Å². The molecule has 0 aliphatic rings. The minimum atomic E-state index is -1.11. The van der Waals surface area contributed by atoms with E-state index in [9.17, 15) is 19.5 Å². The van der Waals surface area contributed by atoms with Gasteiger partial charge in [-0.15, -0.1) is 0 Å². The summed E-state index contributed by atoms with van der Waals surface area (Å²) in [5.74, 6) is -1.65. The van der Waals surface area contributed by atoms with Crippen molar-refractivity contribution in [1.82, 2.24) is 14.9 Å². The van der Waals surface area contributed by atoms with Crippen molar-refractivity contribution >= 4 is 34.5 Å². The number of aryl methyl sites for hydroxylation is 2. The third-order valence-electron chi connectivity index (χ3n) is 5.74. The SMILES string of the molecule is Cc1ccc(-n2c(SCC(=O)N[C@@H](Cc3ccccc3)C(=O)O)nc3ccccc3c2=O)cc1C. The molecule has 1 atom stereocenters. The Morgan fingerprint density at radius 3 is 2.43 bits per heavy atom. The Balaban J connectivity index is 1.60. The first-order valence-corrected chi connectivity index (χ1v) is 12.1. The lowest BCUT2D eigenvalue weighted by Crippen LogP contribution is -2.43. The molecule has 178 valence electrons. The zero-order chi connectivity index (χ0) is 24.9. The lowest BCUT2D eigenvalue weighted by Gasteiger charge is -2.16. The maximum absolute atomic E-state index is 13.4. The Morgan fingerprint density at radius 1 is 1.00 bits per heavy atom. The number of carboxylic acids is 1. The summed E-state index contributed by atoms with van der Waals surface area (Å²) >= 11 is 1.10. The number of benzene rings is 3. The van der Waals surface area contributed by atoms with Gasteiger partial charge in [-0.1, -0.05) is 60.3 Å². The fraction of sp³-hybridized carbons (Fsp3) is 0.185. The normalized spacial score (nSPS) is 11.8. The number of hydrogen-bond acceptors (Lipinski definition) is 5. The molecule has 2 N–H and O–H groups in total. The van der Waals surface area contributed by atoms with Crippen molar-refractivity contribution < 1.29 is 14.7 Å². The summed E-state index contributed by atoms with van der Waals surface area (Å²) in [5, 5.41) is 13.0. The molecule has 0 fully saturated rings. The number of nitrogens with zero attached hydrogens (tertiary/aromatic N) is 2. The molecule has 0 radical (unpaired) electrons. The van der Waals surface area contributed by atoms with Gasteiger partial charge in [0.15, 0.2) is 5.16 Å². The monoisotopic (exact) mass is 487 g/mol.